The summed E-state index contributed by atoms with van der Waals surface area (Å²) in [6.45, 7) is 5.65. The standard InChI is InChI=1S/C23H25N3O/c1-3-26(17-19-10-6-4-7-11-19)22-16-21(14-15-24-22)23(27)25-18(2)20-12-8-5-9-13-20/h4-16,18H,3,17H2,1-2H3,(H,25,27). The third-order valence-electron chi connectivity index (χ3n) is 4.58. The van der Waals surface area contributed by atoms with E-state index in [-0.39, 0.29) is 11.9 Å². The van der Waals surface area contributed by atoms with Crippen molar-refractivity contribution in [1.82, 2.24) is 10.3 Å². The van der Waals surface area contributed by atoms with Crippen molar-refractivity contribution in [3.8, 4) is 0 Å². The maximum Gasteiger partial charge on any atom is 0.251 e. The Balaban J connectivity index is 1.73. The fourth-order valence-corrected chi connectivity index (χ4v) is 3.00. The first-order chi connectivity index (χ1) is 13.2. The minimum Gasteiger partial charge on any atom is -0.353 e. The number of benzene rings is 2. The lowest BCUT2D eigenvalue weighted by molar-refractivity contribution is 0.0940. The van der Waals surface area contributed by atoms with E-state index in [0.717, 1.165) is 24.5 Å². The molecule has 0 aliphatic carbocycles. The highest BCUT2D eigenvalue weighted by Gasteiger charge is 2.14. The second kappa shape index (κ2) is 8.99. The smallest absolute Gasteiger partial charge is 0.251 e. The Bertz CT molecular complexity index is 865. The van der Waals surface area contributed by atoms with E-state index in [1.807, 2.05) is 61.5 Å². The molecule has 0 bridgehead atoms. The number of rotatable bonds is 7. The second-order valence-electron chi connectivity index (χ2n) is 6.51. The van der Waals surface area contributed by atoms with Crippen LogP contribution in [-0.4, -0.2) is 17.4 Å². The molecule has 1 N–H and O–H groups in total. The van der Waals surface area contributed by atoms with Gasteiger partial charge in [0.2, 0.25) is 0 Å². The molecule has 1 heterocycles. The van der Waals surface area contributed by atoms with Gasteiger partial charge in [0.15, 0.2) is 0 Å². The topological polar surface area (TPSA) is 45.2 Å². The van der Waals surface area contributed by atoms with Crippen LogP contribution in [0, 0.1) is 0 Å². The van der Waals surface area contributed by atoms with Gasteiger partial charge in [-0.3, -0.25) is 4.79 Å². The first-order valence-corrected chi connectivity index (χ1v) is 9.28. The molecule has 0 aliphatic rings. The molecule has 3 aromatic rings. The molecule has 0 spiro atoms. The molecule has 0 radical (unpaired) electrons. The van der Waals surface area contributed by atoms with E-state index in [9.17, 15) is 4.79 Å². The van der Waals surface area contributed by atoms with E-state index < -0.39 is 0 Å². The van der Waals surface area contributed by atoms with Crippen LogP contribution < -0.4 is 10.2 Å². The molecule has 1 unspecified atom stereocenters. The fourth-order valence-electron chi connectivity index (χ4n) is 3.00. The Kier molecular flexibility index (Phi) is 6.21. The van der Waals surface area contributed by atoms with E-state index in [0.29, 0.717) is 5.56 Å². The molecular formula is C23H25N3O. The summed E-state index contributed by atoms with van der Waals surface area (Å²) < 4.78 is 0. The predicted molar refractivity (Wildman–Crippen MR) is 110 cm³/mol. The van der Waals surface area contributed by atoms with Gasteiger partial charge >= 0.3 is 0 Å². The monoisotopic (exact) mass is 359 g/mol. The van der Waals surface area contributed by atoms with Crippen LogP contribution in [0.15, 0.2) is 79.0 Å². The van der Waals surface area contributed by atoms with Crippen LogP contribution in [0.4, 0.5) is 5.82 Å². The number of carbonyl (C=O) groups is 1. The van der Waals surface area contributed by atoms with Gasteiger partial charge in [-0.1, -0.05) is 60.7 Å². The third-order valence-corrected chi connectivity index (χ3v) is 4.58. The quantitative estimate of drug-likeness (QED) is 0.670. The van der Waals surface area contributed by atoms with Gasteiger partial charge in [0.1, 0.15) is 5.82 Å². The number of pyridine rings is 1. The molecule has 4 heteroatoms. The summed E-state index contributed by atoms with van der Waals surface area (Å²) >= 11 is 0. The predicted octanol–water partition coefficient (Wildman–Crippen LogP) is 4.60. The highest BCUT2D eigenvalue weighted by molar-refractivity contribution is 5.95. The van der Waals surface area contributed by atoms with Gasteiger partial charge in [-0.05, 0) is 37.1 Å². The highest BCUT2D eigenvalue weighted by atomic mass is 16.1. The van der Waals surface area contributed by atoms with E-state index >= 15 is 0 Å². The summed E-state index contributed by atoms with van der Waals surface area (Å²) in [6, 6.07) is 23.8. The first-order valence-electron chi connectivity index (χ1n) is 9.28. The Labute approximate surface area is 160 Å². The van der Waals surface area contributed by atoms with Gasteiger partial charge < -0.3 is 10.2 Å². The van der Waals surface area contributed by atoms with Gasteiger partial charge in [0, 0.05) is 24.8 Å². The zero-order valence-corrected chi connectivity index (χ0v) is 15.8. The van der Waals surface area contributed by atoms with Crippen LogP contribution in [0.25, 0.3) is 0 Å². The van der Waals surface area contributed by atoms with Crippen molar-refractivity contribution < 1.29 is 4.79 Å². The van der Waals surface area contributed by atoms with Crippen LogP contribution in [0.5, 0.6) is 0 Å². The summed E-state index contributed by atoms with van der Waals surface area (Å²) in [5, 5.41) is 3.06. The number of hydrogen-bond acceptors (Lipinski definition) is 3. The SMILES string of the molecule is CCN(Cc1ccccc1)c1cc(C(=O)NC(C)c2ccccc2)ccn1. The van der Waals surface area contributed by atoms with E-state index in [4.69, 9.17) is 0 Å². The van der Waals surface area contributed by atoms with Gasteiger partial charge in [0.05, 0.1) is 6.04 Å². The number of anilines is 1. The maximum atomic E-state index is 12.7. The number of carbonyl (C=O) groups excluding carboxylic acids is 1. The molecule has 1 amide bonds. The minimum absolute atomic E-state index is 0.0538. The number of nitrogens with one attached hydrogen (secondary N) is 1. The zero-order valence-electron chi connectivity index (χ0n) is 15.8. The van der Waals surface area contributed by atoms with Crippen molar-refractivity contribution in [2.75, 3.05) is 11.4 Å². The molecule has 1 atom stereocenters. The Morgan fingerprint density at radius 1 is 1.04 bits per heavy atom. The number of hydrogen-bond donors (Lipinski definition) is 1. The largest absolute Gasteiger partial charge is 0.353 e. The van der Waals surface area contributed by atoms with Crippen molar-refractivity contribution in [2.24, 2.45) is 0 Å². The molecule has 3 rings (SSSR count). The zero-order chi connectivity index (χ0) is 19.1. The molecule has 4 nitrogen and oxygen atoms in total. The van der Waals surface area contributed by atoms with Crippen molar-refractivity contribution in [1.29, 1.82) is 0 Å². The number of nitrogens with zero attached hydrogens (tertiary/aromatic N) is 2. The lowest BCUT2D eigenvalue weighted by Gasteiger charge is -2.22. The molecular weight excluding hydrogens is 334 g/mol. The summed E-state index contributed by atoms with van der Waals surface area (Å²) in [7, 11) is 0. The van der Waals surface area contributed by atoms with Crippen molar-refractivity contribution in [3.63, 3.8) is 0 Å². The van der Waals surface area contributed by atoms with Gasteiger partial charge in [0.25, 0.3) is 5.91 Å². The number of aromatic nitrogens is 1. The Morgan fingerprint density at radius 3 is 2.37 bits per heavy atom. The Morgan fingerprint density at radius 2 is 1.70 bits per heavy atom. The van der Waals surface area contributed by atoms with E-state index in [1.54, 1.807) is 12.3 Å². The molecule has 2 aromatic carbocycles. The Hall–Kier alpha value is -3.14. The van der Waals surface area contributed by atoms with Gasteiger partial charge in [-0.25, -0.2) is 4.98 Å². The van der Waals surface area contributed by atoms with E-state index in [1.165, 1.54) is 5.56 Å². The normalized spacial score (nSPS) is 11.6. The average molecular weight is 359 g/mol. The van der Waals surface area contributed by atoms with Gasteiger partial charge in [-0.15, -0.1) is 0 Å². The molecule has 0 aliphatic heterocycles. The van der Waals surface area contributed by atoms with Crippen LogP contribution in [0.3, 0.4) is 0 Å². The molecule has 1 aromatic heterocycles. The number of amides is 1. The van der Waals surface area contributed by atoms with Crippen LogP contribution in [0.2, 0.25) is 0 Å². The fraction of sp³-hybridized carbons (Fsp3) is 0.217. The van der Waals surface area contributed by atoms with Crippen LogP contribution >= 0.6 is 0 Å². The third kappa shape index (κ3) is 4.94. The summed E-state index contributed by atoms with van der Waals surface area (Å²) in [6.07, 6.45) is 1.70. The van der Waals surface area contributed by atoms with Crippen molar-refractivity contribution >= 4 is 11.7 Å². The lowest BCUT2D eigenvalue weighted by atomic mass is 10.1. The van der Waals surface area contributed by atoms with Crippen LogP contribution in [0.1, 0.15) is 41.4 Å². The first kappa shape index (κ1) is 18.6. The van der Waals surface area contributed by atoms with E-state index in [2.05, 4.69) is 34.3 Å². The molecule has 0 saturated carbocycles. The summed E-state index contributed by atoms with van der Waals surface area (Å²) in [4.78, 5) is 19.3. The maximum absolute atomic E-state index is 12.7. The molecule has 0 fully saturated rings. The summed E-state index contributed by atoms with van der Waals surface area (Å²) in [5.41, 5.74) is 2.92. The highest BCUT2D eigenvalue weighted by Crippen LogP contribution is 2.17. The van der Waals surface area contributed by atoms with Crippen LogP contribution in [-0.2, 0) is 6.54 Å². The molecule has 27 heavy (non-hydrogen) atoms. The minimum atomic E-state index is -0.0919. The molecule has 0 saturated heterocycles. The summed E-state index contributed by atoms with van der Waals surface area (Å²) in [5.74, 6) is 0.715. The lowest BCUT2D eigenvalue weighted by Crippen LogP contribution is -2.28. The average Bonchev–Trinajstić information content (AvgIpc) is 2.73. The van der Waals surface area contributed by atoms with Crippen molar-refractivity contribution in [3.05, 3.63) is 95.7 Å². The van der Waals surface area contributed by atoms with Crippen molar-refractivity contribution in [2.45, 2.75) is 26.4 Å². The molecule has 138 valence electrons. The van der Waals surface area contributed by atoms with Gasteiger partial charge in [-0.2, -0.15) is 0 Å². The second-order valence-corrected chi connectivity index (χ2v) is 6.51.